The number of rotatable bonds is 6. The summed E-state index contributed by atoms with van der Waals surface area (Å²) in [5, 5.41) is 8.63. The van der Waals surface area contributed by atoms with Gasteiger partial charge in [-0.2, -0.15) is 0 Å². The maximum absolute atomic E-state index is 10.5. The number of likely N-dealkylation sites (N-methyl/N-ethyl adjacent to an activating group) is 1. The van der Waals surface area contributed by atoms with E-state index in [1.165, 1.54) is 0 Å². The fourth-order valence-electron chi connectivity index (χ4n) is 0.803. The summed E-state index contributed by atoms with van der Waals surface area (Å²) >= 11 is 0. The molecule has 0 unspecified atom stereocenters. The second-order valence-corrected chi connectivity index (χ2v) is 3.08. The van der Waals surface area contributed by atoms with E-state index in [4.69, 9.17) is 10.8 Å². The van der Waals surface area contributed by atoms with Crippen molar-refractivity contribution in [3.8, 4) is 0 Å². The van der Waals surface area contributed by atoms with Gasteiger partial charge in [-0.15, -0.1) is 0 Å². The SMILES string of the molecule is C[C@@H](C(=O)O)N(C)CC[C@@H](N)C=O. The van der Waals surface area contributed by atoms with E-state index in [-0.39, 0.29) is 0 Å². The molecule has 0 rings (SSSR count). The summed E-state index contributed by atoms with van der Waals surface area (Å²) in [6.45, 7) is 2.10. The predicted molar refractivity (Wildman–Crippen MR) is 48.4 cm³/mol. The first-order valence-electron chi connectivity index (χ1n) is 4.13. The van der Waals surface area contributed by atoms with Gasteiger partial charge in [-0.05, 0) is 20.4 Å². The van der Waals surface area contributed by atoms with E-state index in [1.54, 1.807) is 18.9 Å². The van der Waals surface area contributed by atoms with E-state index < -0.39 is 18.1 Å². The molecule has 0 bridgehead atoms. The number of carboxylic acids is 1. The van der Waals surface area contributed by atoms with Crippen LogP contribution in [0.2, 0.25) is 0 Å². The molecule has 2 atom stereocenters. The minimum atomic E-state index is -0.873. The zero-order chi connectivity index (χ0) is 10.4. The number of carbonyl (C=O) groups is 2. The summed E-state index contributed by atoms with van der Waals surface area (Å²) in [5.74, 6) is -0.873. The molecule has 0 spiro atoms. The third-order valence-corrected chi connectivity index (χ3v) is 2.01. The molecular formula is C8H16N2O3. The van der Waals surface area contributed by atoms with Crippen molar-refractivity contribution in [2.24, 2.45) is 5.73 Å². The molecule has 13 heavy (non-hydrogen) atoms. The van der Waals surface area contributed by atoms with Crippen LogP contribution in [0.15, 0.2) is 0 Å². The summed E-state index contributed by atoms with van der Waals surface area (Å²) in [6, 6.07) is -1.04. The number of nitrogens with zero attached hydrogens (tertiary/aromatic N) is 1. The number of nitrogens with two attached hydrogens (primary N) is 1. The summed E-state index contributed by atoms with van der Waals surface area (Å²) in [6.07, 6.45) is 1.15. The Hall–Kier alpha value is -0.940. The second kappa shape index (κ2) is 5.66. The highest BCUT2D eigenvalue weighted by atomic mass is 16.4. The lowest BCUT2D eigenvalue weighted by Gasteiger charge is -2.21. The first-order chi connectivity index (χ1) is 5.99. The Morgan fingerprint density at radius 1 is 1.69 bits per heavy atom. The molecule has 0 aliphatic heterocycles. The van der Waals surface area contributed by atoms with E-state index in [1.807, 2.05) is 0 Å². The minimum absolute atomic E-state index is 0.484. The van der Waals surface area contributed by atoms with E-state index >= 15 is 0 Å². The van der Waals surface area contributed by atoms with Gasteiger partial charge in [-0.1, -0.05) is 0 Å². The largest absolute Gasteiger partial charge is 0.480 e. The van der Waals surface area contributed by atoms with Gasteiger partial charge in [0.1, 0.15) is 12.3 Å². The van der Waals surface area contributed by atoms with Gasteiger partial charge in [0.15, 0.2) is 0 Å². The highest BCUT2D eigenvalue weighted by Gasteiger charge is 2.16. The molecule has 0 aliphatic carbocycles. The quantitative estimate of drug-likeness (QED) is 0.539. The number of aldehydes is 1. The highest BCUT2D eigenvalue weighted by Crippen LogP contribution is 1.97. The van der Waals surface area contributed by atoms with Gasteiger partial charge in [-0.25, -0.2) is 0 Å². The third-order valence-electron chi connectivity index (χ3n) is 2.01. The van der Waals surface area contributed by atoms with E-state index in [9.17, 15) is 9.59 Å². The van der Waals surface area contributed by atoms with Crippen molar-refractivity contribution in [1.82, 2.24) is 4.90 Å². The Bertz CT molecular complexity index is 184. The van der Waals surface area contributed by atoms with Gasteiger partial charge in [-0.3, -0.25) is 9.69 Å². The van der Waals surface area contributed by atoms with Crippen LogP contribution < -0.4 is 5.73 Å². The lowest BCUT2D eigenvalue weighted by molar-refractivity contribution is -0.142. The Balaban J connectivity index is 3.79. The minimum Gasteiger partial charge on any atom is -0.480 e. The maximum Gasteiger partial charge on any atom is 0.320 e. The van der Waals surface area contributed by atoms with Crippen molar-refractivity contribution in [3.63, 3.8) is 0 Å². The van der Waals surface area contributed by atoms with Crippen LogP contribution in [-0.4, -0.2) is 47.9 Å². The highest BCUT2D eigenvalue weighted by molar-refractivity contribution is 5.72. The molecular weight excluding hydrogens is 172 g/mol. The van der Waals surface area contributed by atoms with Crippen LogP contribution >= 0.6 is 0 Å². The number of hydrogen-bond donors (Lipinski definition) is 2. The fourth-order valence-corrected chi connectivity index (χ4v) is 0.803. The van der Waals surface area contributed by atoms with Crippen molar-refractivity contribution in [2.75, 3.05) is 13.6 Å². The van der Waals surface area contributed by atoms with Crippen LogP contribution in [0.1, 0.15) is 13.3 Å². The summed E-state index contributed by atoms with van der Waals surface area (Å²) in [4.78, 5) is 22.3. The van der Waals surface area contributed by atoms with Gasteiger partial charge in [0.2, 0.25) is 0 Å². The molecule has 76 valence electrons. The normalized spacial score (nSPS) is 15.4. The number of aliphatic carboxylic acids is 1. The molecule has 0 aliphatic rings. The Labute approximate surface area is 77.5 Å². The van der Waals surface area contributed by atoms with Crippen LogP contribution in [0.4, 0.5) is 0 Å². The number of carboxylic acid groups (broad SMARTS) is 1. The van der Waals surface area contributed by atoms with Crippen molar-refractivity contribution in [1.29, 1.82) is 0 Å². The maximum atomic E-state index is 10.5. The van der Waals surface area contributed by atoms with Crippen LogP contribution in [0.5, 0.6) is 0 Å². The molecule has 0 saturated heterocycles. The molecule has 3 N–H and O–H groups in total. The molecule has 0 fully saturated rings. The first-order valence-corrected chi connectivity index (χ1v) is 4.13. The topological polar surface area (TPSA) is 83.6 Å². The van der Waals surface area contributed by atoms with E-state index in [2.05, 4.69) is 0 Å². The van der Waals surface area contributed by atoms with Gasteiger partial charge in [0.25, 0.3) is 0 Å². The summed E-state index contributed by atoms with van der Waals surface area (Å²) < 4.78 is 0. The van der Waals surface area contributed by atoms with Gasteiger partial charge >= 0.3 is 5.97 Å². The molecule has 0 heterocycles. The average molecular weight is 188 g/mol. The third kappa shape index (κ3) is 4.59. The molecule has 0 aromatic heterocycles. The summed E-state index contributed by atoms with van der Waals surface area (Å²) in [7, 11) is 1.69. The number of hydrogen-bond acceptors (Lipinski definition) is 4. The van der Waals surface area contributed by atoms with Crippen molar-refractivity contribution in [3.05, 3.63) is 0 Å². The van der Waals surface area contributed by atoms with Crippen LogP contribution in [0, 0.1) is 0 Å². The van der Waals surface area contributed by atoms with Gasteiger partial charge < -0.3 is 15.6 Å². The Morgan fingerprint density at radius 3 is 2.62 bits per heavy atom. The zero-order valence-corrected chi connectivity index (χ0v) is 7.93. The molecule has 0 amide bonds. The number of carbonyl (C=O) groups excluding carboxylic acids is 1. The van der Waals surface area contributed by atoms with Gasteiger partial charge in [0, 0.05) is 6.54 Å². The summed E-state index contributed by atoms with van der Waals surface area (Å²) in [5.41, 5.74) is 5.36. The van der Waals surface area contributed by atoms with Gasteiger partial charge in [0.05, 0.1) is 6.04 Å². The predicted octanol–water partition coefficient (Wildman–Crippen LogP) is -0.692. The van der Waals surface area contributed by atoms with Crippen molar-refractivity contribution in [2.45, 2.75) is 25.4 Å². The smallest absolute Gasteiger partial charge is 0.320 e. The monoisotopic (exact) mass is 188 g/mol. The van der Waals surface area contributed by atoms with E-state index in [0.29, 0.717) is 19.3 Å². The first kappa shape index (κ1) is 12.1. The molecule has 0 aromatic rings. The molecule has 0 aromatic carbocycles. The molecule has 5 heteroatoms. The van der Waals surface area contributed by atoms with Crippen molar-refractivity contribution >= 4 is 12.3 Å². The lowest BCUT2D eigenvalue weighted by Crippen LogP contribution is -2.38. The van der Waals surface area contributed by atoms with Crippen LogP contribution in [-0.2, 0) is 9.59 Å². The Kier molecular flexibility index (Phi) is 5.25. The van der Waals surface area contributed by atoms with Crippen LogP contribution in [0.3, 0.4) is 0 Å². The second-order valence-electron chi connectivity index (χ2n) is 3.08. The Morgan fingerprint density at radius 2 is 2.23 bits per heavy atom. The fraction of sp³-hybridized carbons (Fsp3) is 0.750. The average Bonchev–Trinajstić information content (AvgIpc) is 2.11. The van der Waals surface area contributed by atoms with E-state index in [0.717, 1.165) is 0 Å². The zero-order valence-electron chi connectivity index (χ0n) is 7.93. The molecule has 5 nitrogen and oxygen atoms in total. The standard InChI is InChI=1S/C8H16N2O3/c1-6(8(12)13)10(2)4-3-7(9)5-11/h5-7H,3-4,9H2,1-2H3,(H,12,13)/t6-,7+/m0/s1. The lowest BCUT2D eigenvalue weighted by atomic mass is 10.2. The molecule has 0 radical (unpaired) electrons. The van der Waals surface area contributed by atoms with Crippen molar-refractivity contribution < 1.29 is 14.7 Å². The van der Waals surface area contributed by atoms with Crippen LogP contribution in [0.25, 0.3) is 0 Å². The molecule has 0 saturated carbocycles.